The van der Waals surface area contributed by atoms with Gasteiger partial charge in [-0.05, 0) is 34.5 Å². The van der Waals surface area contributed by atoms with E-state index in [0.717, 1.165) is 0 Å². The largest absolute Gasteiger partial charge is 0.469 e. The van der Waals surface area contributed by atoms with Gasteiger partial charge in [-0.3, -0.25) is 9.59 Å². The van der Waals surface area contributed by atoms with E-state index >= 15 is 0 Å². The second-order valence-electron chi connectivity index (χ2n) is 3.78. The van der Waals surface area contributed by atoms with Crippen molar-refractivity contribution in [3.63, 3.8) is 0 Å². The molecule has 5 nitrogen and oxygen atoms in total. The normalized spacial score (nSPS) is 9.94. The Labute approximate surface area is 114 Å². The molecule has 0 aliphatic rings. The Hall–Kier alpha value is -1.43. The highest BCUT2D eigenvalue weighted by Gasteiger charge is 2.12. The van der Waals surface area contributed by atoms with E-state index in [0.29, 0.717) is 29.6 Å². The number of methoxy groups -OCH3 is 1. The van der Waals surface area contributed by atoms with Crippen LogP contribution in [-0.2, 0) is 9.53 Å². The molecule has 1 rings (SSSR count). The van der Waals surface area contributed by atoms with Crippen LogP contribution in [0.25, 0.3) is 0 Å². The quantitative estimate of drug-likeness (QED) is 0.615. The number of hydrogen-bond donors (Lipinski definition) is 0. The number of amides is 1. The number of carbonyl (C=O) groups excluding carboxylic acids is 2. The van der Waals surface area contributed by atoms with Gasteiger partial charge in [0.15, 0.2) is 0 Å². The number of rotatable bonds is 5. The van der Waals surface area contributed by atoms with E-state index in [9.17, 15) is 9.59 Å². The molecule has 0 atom stereocenters. The second kappa shape index (κ2) is 7.10. The highest BCUT2D eigenvalue weighted by molar-refractivity contribution is 9.10. The van der Waals surface area contributed by atoms with Gasteiger partial charge in [-0.25, -0.2) is 4.98 Å². The maximum absolute atomic E-state index is 12.0. The summed E-state index contributed by atoms with van der Waals surface area (Å²) in [5.41, 5.74) is 0.527. The van der Waals surface area contributed by atoms with E-state index in [4.69, 9.17) is 0 Å². The minimum atomic E-state index is -0.263. The lowest BCUT2D eigenvalue weighted by molar-refractivity contribution is -0.140. The van der Waals surface area contributed by atoms with Crippen LogP contribution in [-0.4, -0.2) is 42.5 Å². The summed E-state index contributed by atoms with van der Waals surface area (Å²) in [6.07, 6.45) is 2.41. The van der Waals surface area contributed by atoms with Gasteiger partial charge in [0.05, 0.1) is 12.7 Å². The summed E-state index contributed by atoms with van der Waals surface area (Å²) in [5.74, 6) is -0.374. The lowest BCUT2D eigenvalue weighted by atomic mass is 10.2. The summed E-state index contributed by atoms with van der Waals surface area (Å²) in [6.45, 7) is 0.504. The highest BCUT2D eigenvalue weighted by Crippen LogP contribution is 2.08. The molecule has 1 aromatic rings. The maximum Gasteiger partial charge on any atom is 0.305 e. The fourth-order valence-corrected chi connectivity index (χ4v) is 1.62. The summed E-state index contributed by atoms with van der Waals surface area (Å²) in [4.78, 5) is 28.4. The van der Waals surface area contributed by atoms with Crippen molar-refractivity contribution < 1.29 is 14.3 Å². The van der Waals surface area contributed by atoms with Crippen molar-refractivity contribution >= 4 is 27.8 Å². The molecule has 0 saturated heterocycles. The molecule has 6 heteroatoms. The van der Waals surface area contributed by atoms with Crippen molar-refractivity contribution in [1.29, 1.82) is 0 Å². The third-order valence-corrected chi connectivity index (χ3v) is 2.89. The topological polar surface area (TPSA) is 59.5 Å². The molecule has 0 N–H and O–H groups in total. The van der Waals surface area contributed by atoms with Crippen LogP contribution < -0.4 is 0 Å². The van der Waals surface area contributed by atoms with Crippen LogP contribution in [0.1, 0.15) is 23.2 Å². The first-order valence-corrected chi connectivity index (χ1v) is 6.27. The second-order valence-corrected chi connectivity index (χ2v) is 4.59. The number of aromatic nitrogens is 1. The van der Waals surface area contributed by atoms with Gasteiger partial charge in [-0.1, -0.05) is 0 Å². The van der Waals surface area contributed by atoms with Crippen molar-refractivity contribution in [2.24, 2.45) is 0 Å². The summed E-state index contributed by atoms with van der Waals surface area (Å²) in [5, 5.41) is 0. The van der Waals surface area contributed by atoms with Gasteiger partial charge < -0.3 is 9.64 Å². The minimum absolute atomic E-state index is 0.111. The first kappa shape index (κ1) is 14.6. The van der Waals surface area contributed by atoms with Crippen molar-refractivity contribution in [2.45, 2.75) is 12.8 Å². The number of nitrogens with zero attached hydrogens (tertiary/aromatic N) is 2. The maximum atomic E-state index is 12.0. The third-order valence-electron chi connectivity index (χ3n) is 2.42. The Morgan fingerprint density at radius 3 is 2.72 bits per heavy atom. The van der Waals surface area contributed by atoms with Crippen LogP contribution in [0.2, 0.25) is 0 Å². The molecule has 0 aromatic carbocycles. The molecule has 1 heterocycles. The third kappa shape index (κ3) is 4.44. The van der Waals surface area contributed by atoms with E-state index in [-0.39, 0.29) is 11.9 Å². The Bertz CT molecular complexity index is 420. The molecule has 0 spiro atoms. The first-order valence-electron chi connectivity index (χ1n) is 5.48. The van der Waals surface area contributed by atoms with Gasteiger partial charge in [0.2, 0.25) is 0 Å². The zero-order valence-corrected chi connectivity index (χ0v) is 11.9. The Kier molecular flexibility index (Phi) is 5.77. The molecule has 18 heavy (non-hydrogen) atoms. The molecular weight excluding hydrogens is 300 g/mol. The van der Waals surface area contributed by atoms with E-state index in [1.165, 1.54) is 13.3 Å². The van der Waals surface area contributed by atoms with E-state index in [1.54, 1.807) is 24.1 Å². The molecule has 0 bridgehead atoms. The van der Waals surface area contributed by atoms with E-state index in [1.807, 2.05) is 0 Å². The first-order chi connectivity index (χ1) is 8.54. The van der Waals surface area contributed by atoms with Crippen molar-refractivity contribution in [2.75, 3.05) is 20.7 Å². The van der Waals surface area contributed by atoms with E-state index < -0.39 is 0 Å². The number of carbonyl (C=O) groups is 2. The Morgan fingerprint density at radius 1 is 1.44 bits per heavy atom. The van der Waals surface area contributed by atoms with Gasteiger partial charge in [0.25, 0.3) is 5.91 Å². The number of ether oxygens (including phenoxy) is 1. The zero-order valence-electron chi connectivity index (χ0n) is 10.4. The molecule has 0 aliphatic carbocycles. The number of hydrogen-bond acceptors (Lipinski definition) is 4. The monoisotopic (exact) mass is 314 g/mol. The molecule has 0 fully saturated rings. The molecule has 0 radical (unpaired) electrons. The predicted octanol–water partition coefficient (Wildman–Crippen LogP) is 1.87. The average Bonchev–Trinajstić information content (AvgIpc) is 2.38. The summed E-state index contributed by atoms with van der Waals surface area (Å²) >= 11 is 3.21. The predicted molar refractivity (Wildman–Crippen MR) is 70.1 cm³/mol. The average molecular weight is 315 g/mol. The number of esters is 1. The van der Waals surface area contributed by atoms with Crippen LogP contribution >= 0.6 is 15.9 Å². The van der Waals surface area contributed by atoms with Crippen LogP contribution in [0.4, 0.5) is 0 Å². The van der Waals surface area contributed by atoms with Gasteiger partial charge in [0.1, 0.15) is 4.60 Å². The fraction of sp³-hybridized carbons (Fsp3) is 0.417. The lowest BCUT2D eigenvalue weighted by Gasteiger charge is -2.16. The van der Waals surface area contributed by atoms with Crippen molar-refractivity contribution in [1.82, 2.24) is 9.88 Å². The Balaban J connectivity index is 2.46. The molecule has 0 unspecified atom stereocenters. The molecular formula is C12H15BrN2O3. The molecule has 0 aliphatic heterocycles. The van der Waals surface area contributed by atoms with Crippen molar-refractivity contribution in [3.8, 4) is 0 Å². The zero-order chi connectivity index (χ0) is 13.5. The Morgan fingerprint density at radius 2 is 2.17 bits per heavy atom. The molecule has 1 aromatic heterocycles. The lowest BCUT2D eigenvalue weighted by Crippen LogP contribution is -2.28. The van der Waals surface area contributed by atoms with Crippen LogP contribution in [0.5, 0.6) is 0 Å². The molecule has 98 valence electrons. The molecule has 1 amide bonds. The standard InChI is InChI=1S/C12H15BrN2O3/c1-15(7-3-4-11(16)18-2)12(17)9-5-6-10(13)14-8-9/h5-6,8H,3-4,7H2,1-2H3. The van der Waals surface area contributed by atoms with Gasteiger partial charge in [-0.2, -0.15) is 0 Å². The van der Waals surface area contributed by atoms with E-state index in [2.05, 4.69) is 25.7 Å². The van der Waals surface area contributed by atoms with Gasteiger partial charge in [-0.15, -0.1) is 0 Å². The number of pyridine rings is 1. The summed E-state index contributed by atoms with van der Waals surface area (Å²) in [6, 6.07) is 3.42. The van der Waals surface area contributed by atoms with Gasteiger partial charge in [0, 0.05) is 26.2 Å². The number of halogens is 1. The molecule has 0 saturated carbocycles. The SMILES string of the molecule is COC(=O)CCCN(C)C(=O)c1ccc(Br)nc1. The van der Waals surface area contributed by atoms with Gasteiger partial charge >= 0.3 is 5.97 Å². The minimum Gasteiger partial charge on any atom is -0.469 e. The summed E-state index contributed by atoms with van der Waals surface area (Å²) in [7, 11) is 3.05. The smallest absolute Gasteiger partial charge is 0.305 e. The van der Waals surface area contributed by atoms with Crippen LogP contribution in [0, 0.1) is 0 Å². The summed E-state index contributed by atoms with van der Waals surface area (Å²) < 4.78 is 5.22. The van der Waals surface area contributed by atoms with Crippen LogP contribution in [0.15, 0.2) is 22.9 Å². The van der Waals surface area contributed by atoms with Crippen LogP contribution in [0.3, 0.4) is 0 Å². The fourth-order valence-electron chi connectivity index (χ4n) is 1.39. The highest BCUT2D eigenvalue weighted by atomic mass is 79.9. The van der Waals surface area contributed by atoms with Crippen molar-refractivity contribution in [3.05, 3.63) is 28.5 Å².